The van der Waals surface area contributed by atoms with E-state index in [1.54, 1.807) is 14.2 Å². The fourth-order valence-corrected chi connectivity index (χ4v) is 3.74. The van der Waals surface area contributed by atoms with E-state index in [-0.39, 0.29) is 0 Å². The van der Waals surface area contributed by atoms with Gasteiger partial charge in [-0.15, -0.1) is 0 Å². The molecule has 0 bridgehead atoms. The maximum absolute atomic E-state index is 5.62. The molecule has 31 heavy (non-hydrogen) atoms. The second kappa shape index (κ2) is 9.66. The number of methoxy groups -OCH3 is 2. The molecule has 162 valence electrons. The van der Waals surface area contributed by atoms with Crippen molar-refractivity contribution in [1.82, 2.24) is 14.9 Å². The van der Waals surface area contributed by atoms with Crippen molar-refractivity contribution in [3.8, 4) is 17.2 Å². The minimum Gasteiger partial charge on any atom is -0.497 e. The van der Waals surface area contributed by atoms with Crippen molar-refractivity contribution < 1.29 is 14.2 Å². The Kier molecular flexibility index (Phi) is 6.52. The molecule has 4 rings (SSSR count). The molecule has 7 heteroatoms. The Hall–Kier alpha value is -3.32. The first-order valence-corrected chi connectivity index (χ1v) is 10.5. The molecule has 1 N–H and O–H groups in total. The number of anilines is 2. The molecule has 1 aliphatic heterocycles. The van der Waals surface area contributed by atoms with E-state index in [2.05, 4.69) is 27.3 Å². The molecular weight excluding hydrogens is 392 g/mol. The van der Waals surface area contributed by atoms with E-state index < -0.39 is 0 Å². The molecular formula is C24H28N4O3. The van der Waals surface area contributed by atoms with Crippen LogP contribution in [-0.4, -0.2) is 42.2 Å². The van der Waals surface area contributed by atoms with Crippen molar-refractivity contribution in [3.05, 3.63) is 65.5 Å². The van der Waals surface area contributed by atoms with Gasteiger partial charge in [-0.25, -0.2) is 9.97 Å². The van der Waals surface area contributed by atoms with Gasteiger partial charge in [-0.3, -0.25) is 4.90 Å². The van der Waals surface area contributed by atoms with E-state index in [0.717, 1.165) is 43.2 Å². The van der Waals surface area contributed by atoms with E-state index in [9.17, 15) is 0 Å². The third-order valence-electron chi connectivity index (χ3n) is 5.24. The molecule has 3 aromatic rings. The van der Waals surface area contributed by atoms with E-state index in [0.29, 0.717) is 24.1 Å². The molecule has 7 nitrogen and oxygen atoms in total. The van der Waals surface area contributed by atoms with Gasteiger partial charge < -0.3 is 19.5 Å². The molecule has 1 aromatic heterocycles. The van der Waals surface area contributed by atoms with E-state index >= 15 is 0 Å². The zero-order valence-electron chi connectivity index (χ0n) is 18.2. The summed E-state index contributed by atoms with van der Waals surface area (Å²) in [5.41, 5.74) is 4.33. The quantitative estimate of drug-likeness (QED) is 0.586. The van der Waals surface area contributed by atoms with Crippen molar-refractivity contribution >= 4 is 11.6 Å². The van der Waals surface area contributed by atoms with E-state index in [4.69, 9.17) is 19.2 Å². The fraction of sp³-hybridized carbons (Fsp3) is 0.333. The predicted molar refractivity (Wildman–Crippen MR) is 120 cm³/mol. The lowest BCUT2D eigenvalue weighted by Crippen LogP contribution is -2.31. The smallest absolute Gasteiger partial charge is 0.227 e. The number of ether oxygens (including phenoxy) is 3. The van der Waals surface area contributed by atoms with Crippen molar-refractivity contribution in [1.29, 1.82) is 0 Å². The third kappa shape index (κ3) is 5.24. The zero-order chi connectivity index (χ0) is 21.6. The molecule has 0 aliphatic carbocycles. The number of fused-ring (bicyclic) bond motifs is 1. The topological polar surface area (TPSA) is 68.7 Å². The first-order chi connectivity index (χ1) is 15.2. The summed E-state index contributed by atoms with van der Waals surface area (Å²) < 4.78 is 16.3. The van der Waals surface area contributed by atoms with Crippen LogP contribution in [0.1, 0.15) is 23.7 Å². The second-order valence-electron chi connectivity index (χ2n) is 7.43. The molecule has 0 saturated heterocycles. The van der Waals surface area contributed by atoms with E-state index in [1.165, 1.54) is 11.1 Å². The average Bonchev–Trinajstić information content (AvgIpc) is 2.79. The molecule has 1 aliphatic rings. The summed E-state index contributed by atoms with van der Waals surface area (Å²) in [6.45, 7) is 5.35. The number of hydrogen-bond acceptors (Lipinski definition) is 7. The fourth-order valence-electron chi connectivity index (χ4n) is 3.74. The molecule has 2 aromatic carbocycles. The molecule has 0 atom stereocenters. The Labute approximate surface area is 183 Å². The number of benzene rings is 2. The molecule has 0 radical (unpaired) electrons. The van der Waals surface area contributed by atoms with Crippen molar-refractivity contribution in [2.45, 2.75) is 26.4 Å². The van der Waals surface area contributed by atoms with Crippen LogP contribution in [0.4, 0.5) is 11.6 Å². The van der Waals surface area contributed by atoms with Crippen LogP contribution in [0, 0.1) is 0 Å². The predicted octanol–water partition coefficient (Wildman–Crippen LogP) is 4.19. The highest BCUT2D eigenvalue weighted by Crippen LogP contribution is 2.28. The highest BCUT2D eigenvalue weighted by molar-refractivity contribution is 5.59. The average molecular weight is 421 g/mol. The van der Waals surface area contributed by atoms with Gasteiger partial charge in [-0.2, -0.15) is 0 Å². The largest absolute Gasteiger partial charge is 0.497 e. The Morgan fingerprint density at radius 3 is 2.58 bits per heavy atom. The molecule has 0 amide bonds. The number of aromatic nitrogens is 2. The van der Waals surface area contributed by atoms with Crippen molar-refractivity contribution in [3.63, 3.8) is 0 Å². The van der Waals surface area contributed by atoms with Crippen LogP contribution in [0.15, 0.2) is 48.7 Å². The minimum absolute atomic E-state index is 0.576. The van der Waals surface area contributed by atoms with Gasteiger partial charge in [-0.05, 0) is 24.6 Å². The Balaban J connectivity index is 1.44. The number of hydrogen-bond donors (Lipinski definition) is 1. The molecule has 0 fully saturated rings. The van der Waals surface area contributed by atoms with Gasteiger partial charge in [0, 0.05) is 61.7 Å². The molecule has 0 unspecified atom stereocenters. The van der Waals surface area contributed by atoms with Crippen LogP contribution in [0.25, 0.3) is 0 Å². The van der Waals surface area contributed by atoms with Crippen LogP contribution in [-0.2, 0) is 19.5 Å². The summed E-state index contributed by atoms with van der Waals surface area (Å²) in [6, 6.07) is 13.9. The van der Waals surface area contributed by atoms with Crippen molar-refractivity contribution in [2.75, 3.05) is 32.7 Å². The van der Waals surface area contributed by atoms with Gasteiger partial charge in [0.15, 0.2) is 0 Å². The first-order valence-electron chi connectivity index (χ1n) is 10.5. The summed E-state index contributed by atoms with van der Waals surface area (Å²) in [5, 5.41) is 3.26. The van der Waals surface area contributed by atoms with Gasteiger partial charge in [0.05, 0.1) is 26.5 Å². The minimum atomic E-state index is 0.576. The number of nitrogens with zero attached hydrogens (tertiary/aromatic N) is 3. The maximum atomic E-state index is 5.62. The lowest BCUT2D eigenvalue weighted by molar-refractivity contribution is 0.242. The Morgan fingerprint density at radius 2 is 1.84 bits per heavy atom. The maximum Gasteiger partial charge on any atom is 0.227 e. The second-order valence-corrected chi connectivity index (χ2v) is 7.43. The van der Waals surface area contributed by atoms with Crippen molar-refractivity contribution in [2.24, 2.45) is 0 Å². The zero-order valence-corrected chi connectivity index (χ0v) is 18.2. The lowest BCUT2D eigenvalue weighted by atomic mass is 10.1. The summed E-state index contributed by atoms with van der Waals surface area (Å²) >= 11 is 0. The van der Waals surface area contributed by atoms with Gasteiger partial charge in [0.2, 0.25) is 5.95 Å². The first kappa shape index (κ1) is 20.9. The number of nitrogens with one attached hydrogen (secondary N) is 1. The van der Waals surface area contributed by atoms with Crippen LogP contribution >= 0.6 is 0 Å². The third-order valence-corrected chi connectivity index (χ3v) is 5.24. The number of rotatable bonds is 8. The highest BCUT2D eigenvalue weighted by atomic mass is 16.5. The SMILES string of the molecule is CCOc1cccc(CN2CCc3nc(Nc4cc(OC)cc(OC)c4)ncc3C2)c1. The lowest BCUT2D eigenvalue weighted by Gasteiger charge is -2.28. The summed E-state index contributed by atoms with van der Waals surface area (Å²) in [7, 11) is 3.26. The van der Waals surface area contributed by atoms with Gasteiger partial charge in [-0.1, -0.05) is 12.1 Å². The monoisotopic (exact) mass is 420 g/mol. The molecule has 0 spiro atoms. The highest BCUT2D eigenvalue weighted by Gasteiger charge is 2.19. The summed E-state index contributed by atoms with van der Waals surface area (Å²) in [5.74, 6) is 2.92. The molecule has 0 saturated carbocycles. The summed E-state index contributed by atoms with van der Waals surface area (Å²) in [4.78, 5) is 11.7. The van der Waals surface area contributed by atoms with Gasteiger partial charge in [0.25, 0.3) is 0 Å². The standard InChI is InChI=1S/C24H28N4O3/c1-4-31-20-7-5-6-17(10-20)15-28-9-8-23-18(16-28)14-25-24(27-23)26-19-11-21(29-2)13-22(12-19)30-3/h5-7,10-14H,4,8-9,15-16H2,1-3H3,(H,25,26,27). The summed E-state index contributed by atoms with van der Waals surface area (Å²) in [6.07, 6.45) is 2.81. The van der Waals surface area contributed by atoms with Gasteiger partial charge >= 0.3 is 0 Å². The molecule has 2 heterocycles. The van der Waals surface area contributed by atoms with Crippen LogP contribution in [0.5, 0.6) is 17.2 Å². The van der Waals surface area contributed by atoms with E-state index in [1.807, 2.05) is 43.5 Å². The Morgan fingerprint density at radius 1 is 1.03 bits per heavy atom. The normalized spacial score (nSPS) is 13.4. The van der Waals surface area contributed by atoms with Crippen LogP contribution in [0.3, 0.4) is 0 Å². The van der Waals surface area contributed by atoms with Gasteiger partial charge in [0.1, 0.15) is 17.2 Å². The Bertz CT molecular complexity index is 1020. The van der Waals surface area contributed by atoms with Crippen LogP contribution in [0.2, 0.25) is 0 Å². The van der Waals surface area contributed by atoms with Crippen LogP contribution < -0.4 is 19.5 Å².